The lowest BCUT2D eigenvalue weighted by Crippen LogP contribution is -2.45. The van der Waals surface area contributed by atoms with E-state index in [1.807, 2.05) is 66.7 Å². The summed E-state index contributed by atoms with van der Waals surface area (Å²) in [7, 11) is 0. The first kappa shape index (κ1) is 20.3. The molecule has 1 amide bonds. The summed E-state index contributed by atoms with van der Waals surface area (Å²) in [5, 5.41) is 3.19. The van der Waals surface area contributed by atoms with Crippen LogP contribution in [0, 0.1) is 5.82 Å². The Hall–Kier alpha value is -2.98. The van der Waals surface area contributed by atoms with Gasteiger partial charge in [0.1, 0.15) is 5.82 Å². The van der Waals surface area contributed by atoms with Crippen LogP contribution in [0.2, 0.25) is 0 Å². The second-order valence-electron chi connectivity index (χ2n) is 7.88. The van der Waals surface area contributed by atoms with Crippen molar-refractivity contribution >= 4 is 5.91 Å². The van der Waals surface area contributed by atoms with Crippen molar-refractivity contribution < 1.29 is 13.9 Å². The van der Waals surface area contributed by atoms with Crippen LogP contribution in [0.4, 0.5) is 4.39 Å². The maximum absolute atomic E-state index is 13.9. The third-order valence-corrected chi connectivity index (χ3v) is 6.02. The van der Waals surface area contributed by atoms with Crippen LogP contribution in [-0.4, -0.2) is 25.7 Å². The number of benzene rings is 3. The van der Waals surface area contributed by atoms with Crippen molar-refractivity contribution in [3.8, 4) is 0 Å². The molecule has 3 nitrogen and oxygen atoms in total. The molecule has 1 saturated heterocycles. The minimum absolute atomic E-state index is 0.0466. The van der Waals surface area contributed by atoms with Gasteiger partial charge in [0.25, 0.3) is 0 Å². The van der Waals surface area contributed by atoms with Gasteiger partial charge in [0.05, 0.1) is 5.92 Å². The van der Waals surface area contributed by atoms with Crippen molar-refractivity contribution in [1.29, 1.82) is 0 Å². The Balaban J connectivity index is 1.60. The van der Waals surface area contributed by atoms with Crippen LogP contribution in [0.3, 0.4) is 0 Å². The summed E-state index contributed by atoms with van der Waals surface area (Å²) < 4.78 is 19.5. The Kier molecular flexibility index (Phi) is 6.24. The van der Waals surface area contributed by atoms with Gasteiger partial charge in [-0.3, -0.25) is 4.79 Å². The molecule has 0 spiro atoms. The molecule has 0 unspecified atom stereocenters. The summed E-state index contributed by atoms with van der Waals surface area (Å²) in [6, 6.07) is 26.3. The summed E-state index contributed by atoms with van der Waals surface area (Å²) in [4.78, 5) is 13.4. The first-order valence-corrected chi connectivity index (χ1v) is 10.4. The fraction of sp³-hybridized carbons (Fsp3) is 0.269. The molecule has 0 atom stereocenters. The van der Waals surface area contributed by atoms with Gasteiger partial charge in [-0.05, 0) is 41.7 Å². The Morgan fingerprint density at radius 1 is 0.900 bits per heavy atom. The monoisotopic (exact) mass is 403 g/mol. The predicted octanol–water partition coefficient (Wildman–Crippen LogP) is 4.82. The van der Waals surface area contributed by atoms with E-state index < -0.39 is 5.92 Å². The smallest absolute Gasteiger partial charge is 0.232 e. The molecular formula is C26H26FNO2. The molecule has 1 aliphatic heterocycles. The molecule has 0 saturated carbocycles. The van der Waals surface area contributed by atoms with Gasteiger partial charge < -0.3 is 10.1 Å². The Labute approximate surface area is 176 Å². The minimum Gasteiger partial charge on any atom is -0.381 e. The highest BCUT2D eigenvalue weighted by Crippen LogP contribution is 2.35. The highest BCUT2D eigenvalue weighted by Gasteiger charge is 2.36. The topological polar surface area (TPSA) is 38.3 Å². The number of hydrogen-bond acceptors (Lipinski definition) is 2. The lowest BCUT2D eigenvalue weighted by Gasteiger charge is -2.38. The van der Waals surface area contributed by atoms with Crippen LogP contribution in [0.1, 0.15) is 35.4 Å². The third-order valence-electron chi connectivity index (χ3n) is 6.02. The lowest BCUT2D eigenvalue weighted by atomic mass is 9.74. The zero-order valence-corrected chi connectivity index (χ0v) is 16.9. The quantitative estimate of drug-likeness (QED) is 0.641. The van der Waals surface area contributed by atoms with Gasteiger partial charge >= 0.3 is 0 Å². The van der Waals surface area contributed by atoms with Crippen LogP contribution in [-0.2, 0) is 14.9 Å². The number of amides is 1. The van der Waals surface area contributed by atoms with E-state index in [2.05, 4.69) is 5.32 Å². The van der Waals surface area contributed by atoms with Crippen LogP contribution in [0.5, 0.6) is 0 Å². The van der Waals surface area contributed by atoms with Crippen molar-refractivity contribution in [1.82, 2.24) is 5.32 Å². The first-order chi connectivity index (χ1) is 14.7. The maximum Gasteiger partial charge on any atom is 0.232 e. The van der Waals surface area contributed by atoms with Crippen LogP contribution in [0.15, 0.2) is 84.9 Å². The Morgan fingerprint density at radius 3 is 2.07 bits per heavy atom. The van der Waals surface area contributed by atoms with Gasteiger partial charge in [-0.2, -0.15) is 0 Å². The SMILES string of the molecule is O=C(NCC1(c2cccc(F)c2)CCOCC1)C(c1ccccc1)c1ccccc1. The molecule has 1 aliphatic rings. The summed E-state index contributed by atoms with van der Waals surface area (Å²) in [5.41, 5.74) is 2.50. The summed E-state index contributed by atoms with van der Waals surface area (Å²) in [6.07, 6.45) is 1.50. The molecule has 4 rings (SSSR count). The van der Waals surface area contributed by atoms with Gasteiger partial charge in [-0.1, -0.05) is 72.8 Å². The second-order valence-corrected chi connectivity index (χ2v) is 7.88. The van der Waals surface area contributed by atoms with E-state index in [-0.39, 0.29) is 17.1 Å². The van der Waals surface area contributed by atoms with E-state index in [0.29, 0.717) is 19.8 Å². The maximum atomic E-state index is 13.9. The average Bonchev–Trinajstić information content (AvgIpc) is 2.80. The van der Waals surface area contributed by atoms with Crippen molar-refractivity contribution in [2.24, 2.45) is 0 Å². The third kappa shape index (κ3) is 4.44. The van der Waals surface area contributed by atoms with E-state index in [1.165, 1.54) is 6.07 Å². The molecule has 0 bridgehead atoms. The molecule has 0 radical (unpaired) electrons. The predicted molar refractivity (Wildman–Crippen MR) is 116 cm³/mol. The Bertz CT molecular complexity index is 929. The minimum atomic E-state index is -0.392. The van der Waals surface area contributed by atoms with E-state index in [4.69, 9.17) is 4.74 Å². The lowest BCUT2D eigenvalue weighted by molar-refractivity contribution is -0.122. The molecule has 0 aromatic heterocycles. The zero-order chi connectivity index (χ0) is 20.8. The fourth-order valence-electron chi connectivity index (χ4n) is 4.29. The number of halogens is 1. The molecule has 1 fully saturated rings. The molecule has 1 N–H and O–H groups in total. The van der Waals surface area contributed by atoms with Crippen LogP contribution < -0.4 is 5.32 Å². The van der Waals surface area contributed by atoms with Gasteiger partial charge in [0, 0.05) is 25.2 Å². The van der Waals surface area contributed by atoms with E-state index >= 15 is 0 Å². The highest BCUT2D eigenvalue weighted by molar-refractivity contribution is 5.87. The molecule has 3 aromatic rings. The van der Waals surface area contributed by atoms with E-state index in [9.17, 15) is 9.18 Å². The normalized spacial score (nSPS) is 15.7. The van der Waals surface area contributed by atoms with Crippen molar-refractivity contribution in [2.45, 2.75) is 24.2 Å². The highest BCUT2D eigenvalue weighted by atomic mass is 19.1. The largest absolute Gasteiger partial charge is 0.381 e. The summed E-state index contributed by atoms with van der Waals surface area (Å²) in [5.74, 6) is -0.692. The first-order valence-electron chi connectivity index (χ1n) is 10.4. The molecule has 154 valence electrons. The number of ether oxygens (including phenoxy) is 1. The summed E-state index contributed by atoms with van der Waals surface area (Å²) in [6.45, 7) is 1.66. The van der Waals surface area contributed by atoms with Crippen LogP contribution in [0.25, 0.3) is 0 Å². The number of nitrogens with one attached hydrogen (secondary N) is 1. The van der Waals surface area contributed by atoms with Gasteiger partial charge in [-0.25, -0.2) is 4.39 Å². The molecule has 3 aromatic carbocycles. The molecule has 4 heteroatoms. The molecule has 0 aliphatic carbocycles. The van der Waals surface area contributed by atoms with E-state index in [0.717, 1.165) is 29.5 Å². The second kappa shape index (κ2) is 9.23. The number of hydrogen-bond donors (Lipinski definition) is 1. The standard InChI is InChI=1S/C26H26FNO2/c27-23-13-7-12-22(18-23)26(14-16-30-17-15-26)19-28-25(29)24(20-8-3-1-4-9-20)21-10-5-2-6-11-21/h1-13,18,24H,14-17,19H2,(H,28,29). The summed E-state index contributed by atoms with van der Waals surface area (Å²) >= 11 is 0. The van der Waals surface area contributed by atoms with Gasteiger partial charge in [-0.15, -0.1) is 0 Å². The van der Waals surface area contributed by atoms with Gasteiger partial charge in [0.15, 0.2) is 0 Å². The van der Waals surface area contributed by atoms with Crippen molar-refractivity contribution in [2.75, 3.05) is 19.8 Å². The fourth-order valence-corrected chi connectivity index (χ4v) is 4.29. The molecule has 1 heterocycles. The van der Waals surface area contributed by atoms with Gasteiger partial charge in [0.2, 0.25) is 5.91 Å². The molecule has 30 heavy (non-hydrogen) atoms. The molecular weight excluding hydrogens is 377 g/mol. The van der Waals surface area contributed by atoms with Crippen molar-refractivity contribution in [3.05, 3.63) is 107 Å². The zero-order valence-electron chi connectivity index (χ0n) is 16.9. The van der Waals surface area contributed by atoms with E-state index in [1.54, 1.807) is 12.1 Å². The number of rotatable bonds is 6. The number of carbonyl (C=O) groups is 1. The average molecular weight is 403 g/mol. The van der Waals surface area contributed by atoms with Crippen LogP contribution >= 0.6 is 0 Å². The number of carbonyl (C=O) groups excluding carboxylic acids is 1. The Morgan fingerprint density at radius 2 is 1.50 bits per heavy atom. The van der Waals surface area contributed by atoms with Crippen molar-refractivity contribution in [3.63, 3.8) is 0 Å².